The molecular formula is C41H52F2N6O8. The lowest BCUT2D eigenvalue weighted by Crippen LogP contribution is -2.48. The summed E-state index contributed by atoms with van der Waals surface area (Å²) in [5, 5.41) is 5.25. The molecule has 2 N–H and O–H groups in total. The van der Waals surface area contributed by atoms with Gasteiger partial charge < -0.3 is 34.1 Å². The third-order valence-corrected chi connectivity index (χ3v) is 8.10. The molecule has 0 spiro atoms. The number of ether oxygens (including phenoxy) is 4. The van der Waals surface area contributed by atoms with Gasteiger partial charge in [-0.2, -0.15) is 4.99 Å². The molecule has 4 amide bonds. The lowest BCUT2D eigenvalue weighted by molar-refractivity contribution is 0.0551. The van der Waals surface area contributed by atoms with Crippen LogP contribution in [0.3, 0.4) is 0 Å². The molecule has 2 aromatic carbocycles. The molecule has 2 aliphatic rings. The van der Waals surface area contributed by atoms with Crippen LogP contribution in [0.1, 0.15) is 96.6 Å². The van der Waals surface area contributed by atoms with Crippen molar-refractivity contribution < 1.29 is 46.9 Å². The number of halogens is 2. The van der Waals surface area contributed by atoms with Crippen LogP contribution in [0.2, 0.25) is 0 Å². The van der Waals surface area contributed by atoms with Crippen LogP contribution in [-0.4, -0.2) is 96.4 Å². The van der Waals surface area contributed by atoms with Gasteiger partial charge in [-0.15, -0.1) is 4.99 Å². The second-order valence-electron chi connectivity index (χ2n) is 16.4. The molecule has 16 heteroatoms. The lowest BCUT2D eigenvalue weighted by Gasteiger charge is -2.30. The van der Waals surface area contributed by atoms with E-state index in [-0.39, 0.29) is 36.6 Å². The highest BCUT2D eigenvalue weighted by Gasteiger charge is 2.26. The van der Waals surface area contributed by atoms with Gasteiger partial charge in [-0.3, -0.25) is 10.1 Å². The second-order valence-corrected chi connectivity index (χ2v) is 16.4. The summed E-state index contributed by atoms with van der Waals surface area (Å²) in [6.07, 6.45) is 3.25. The number of benzene rings is 2. The average Bonchev–Trinajstić information content (AvgIpc) is 3.08. The number of nitrogens with zero attached hydrogens (tertiary/aromatic N) is 4. The molecule has 0 aliphatic carbocycles. The Bertz CT molecular complexity index is 1970. The number of hydrogen-bond donors (Lipinski definition) is 2. The number of methoxy groups -OCH3 is 1. The maximum absolute atomic E-state index is 15.4. The van der Waals surface area contributed by atoms with E-state index in [0.717, 1.165) is 23.3 Å². The lowest BCUT2D eigenvalue weighted by atomic mass is 9.97. The van der Waals surface area contributed by atoms with E-state index in [9.17, 15) is 19.2 Å². The molecule has 2 aliphatic heterocycles. The fraction of sp³-hybridized carbons (Fsp3) is 0.463. The van der Waals surface area contributed by atoms with Crippen molar-refractivity contribution in [3.05, 3.63) is 70.8 Å². The number of anilines is 1. The molecule has 4 rings (SSSR count). The molecule has 57 heavy (non-hydrogen) atoms. The Morgan fingerprint density at radius 3 is 1.91 bits per heavy atom. The number of nitrogens with one attached hydrogen (secondary N) is 2. The van der Waals surface area contributed by atoms with E-state index in [1.54, 1.807) is 96.4 Å². The third kappa shape index (κ3) is 13.4. The molecular weight excluding hydrogens is 742 g/mol. The molecule has 14 nitrogen and oxygen atoms in total. The molecule has 2 heterocycles. The summed E-state index contributed by atoms with van der Waals surface area (Å²) < 4.78 is 52.2. The van der Waals surface area contributed by atoms with Crippen molar-refractivity contribution in [1.29, 1.82) is 0 Å². The summed E-state index contributed by atoms with van der Waals surface area (Å²) in [5.74, 6) is -2.07. The first-order chi connectivity index (χ1) is 26.5. The van der Waals surface area contributed by atoms with E-state index in [0.29, 0.717) is 36.5 Å². The number of alkyl carbamates (subject to hydrolysis) is 1. The Balaban J connectivity index is 1.44. The summed E-state index contributed by atoms with van der Waals surface area (Å²) in [4.78, 5) is 61.5. The number of carbonyl (C=O) groups is 4. The minimum atomic E-state index is -0.880. The highest BCUT2D eigenvalue weighted by molar-refractivity contribution is 6.05. The van der Waals surface area contributed by atoms with E-state index >= 15 is 8.78 Å². The van der Waals surface area contributed by atoms with Crippen molar-refractivity contribution in [2.75, 3.05) is 38.6 Å². The van der Waals surface area contributed by atoms with Crippen LogP contribution in [0.5, 0.6) is 5.75 Å². The zero-order valence-electron chi connectivity index (χ0n) is 34.2. The van der Waals surface area contributed by atoms with Gasteiger partial charge >= 0.3 is 18.3 Å². The van der Waals surface area contributed by atoms with Crippen molar-refractivity contribution in [2.24, 2.45) is 9.98 Å². The molecule has 0 bridgehead atoms. The smallest absolute Gasteiger partial charge is 0.437 e. The summed E-state index contributed by atoms with van der Waals surface area (Å²) >= 11 is 0. The van der Waals surface area contributed by atoms with E-state index < -0.39 is 52.6 Å². The zero-order chi connectivity index (χ0) is 42.3. The molecule has 0 saturated carbocycles. The van der Waals surface area contributed by atoms with Crippen molar-refractivity contribution in [3.8, 4) is 5.75 Å². The SMILES string of the molecule is COc1cc(NC(=O)c2cc(F)c(C3=CCN(C=NC(=O)OC(C)(C)C)CC3)c(F)c2)ccc1C1=CCN(C(=NC(=O)OC(C)(C)C)NC(=O)OC(C)(C)C)CC1. The first-order valence-electron chi connectivity index (χ1n) is 18.5. The van der Waals surface area contributed by atoms with Gasteiger partial charge in [0.15, 0.2) is 0 Å². The summed E-state index contributed by atoms with van der Waals surface area (Å²) in [6.45, 7) is 16.7. The summed E-state index contributed by atoms with van der Waals surface area (Å²) in [5.41, 5.74) is -0.294. The predicted molar refractivity (Wildman–Crippen MR) is 213 cm³/mol. The van der Waals surface area contributed by atoms with Crippen LogP contribution in [-0.2, 0) is 14.2 Å². The monoisotopic (exact) mass is 794 g/mol. The minimum Gasteiger partial charge on any atom is -0.496 e. The summed E-state index contributed by atoms with van der Waals surface area (Å²) in [7, 11) is 1.48. The van der Waals surface area contributed by atoms with Gasteiger partial charge in [-0.1, -0.05) is 12.2 Å². The van der Waals surface area contributed by atoms with E-state index in [2.05, 4.69) is 20.6 Å². The number of rotatable bonds is 6. The number of carbonyl (C=O) groups excluding carboxylic acids is 4. The Kier molecular flexibility index (Phi) is 13.9. The van der Waals surface area contributed by atoms with Gasteiger partial charge in [0.1, 0.15) is 34.2 Å². The van der Waals surface area contributed by atoms with Crippen LogP contribution >= 0.6 is 0 Å². The van der Waals surface area contributed by atoms with Gasteiger partial charge in [0.05, 0.1) is 13.4 Å². The van der Waals surface area contributed by atoms with Crippen LogP contribution in [0.4, 0.5) is 28.9 Å². The average molecular weight is 795 g/mol. The first-order valence-corrected chi connectivity index (χ1v) is 18.5. The Hall–Kier alpha value is -5.80. The molecule has 0 unspecified atom stereocenters. The van der Waals surface area contributed by atoms with Gasteiger partial charge in [-0.05, 0) is 111 Å². The van der Waals surface area contributed by atoms with Crippen LogP contribution in [0.15, 0.2) is 52.5 Å². The van der Waals surface area contributed by atoms with Gasteiger partial charge in [-0.25, -0.2) is 23.2 Å². The Labute approximate surface area is 332 Å². The number of hydrogen-bond acceptors (Lipinski definition) is 8. The number of guanidine groups is 1. The molecule has 0 atom stereocenters. The minimum absolute atomic E-state index is 0.0241. The predicted octanol–water partition coefficient (Wildman–Crippen LogP) is 8.18. The highest BCUT2D eigenvalue weighted by Crippen LogP contribution is 2.33. The zero-order valence-corrected chi connectivity index (χ0v) is 34.2. The largest absolute Gasteiger partial charge is 0.496 e. The molecule has 0 aromatic heterocycles. The molecule has 0 radical (unpaired) electrons. The fourth-order valence-electron chi connectivity index (χ4n) is 5.73. The number of amides is 4. The van der Waals surface area contributed by atoms with E-state index in [1.165, 1.54) is 13.4 Å². The normalized spacial score (nSPS) is 15.4. The standard InChI is InChI=1S/C41H52F2N6O8/c1-39(2,3)55-36(51)44-24-48-17-13-26(14-18-48)33-30(42)21-27(22-31(33)43)34(50)45-28-11-12-29(32(23-28)54-10)25-15-19-49(20-16-25)35(46-37(52)56-40(4,5)6)47-38(53)57-41(7,8)9/h11-13,15,21-24H,14,16-20H2,1-10H3,(H,45,50)(H,46,47,52,53). The maximum Gasteiger partial charge on any atom is 0.437 e. The Morgan fingerprint density at radius 2 is 1.37 bits per heavy atom. The number of aliphatic imine (C=N–C) groups is 2. The van der Waals surface area contributed by atoms with Gasteiger partial charge in [0, 0.05) is 54.6 Å². The van der Waals surface area contributed by atoms with Crippen molar-refractivity contribution in [1.82, 2.24) is 15.1 Å². The molecule has 308 valence electrons. The molecule has 0 fully saturated rings. The second kappa shape index (κ2) is 18.0. The fourth-order valence-corrected chi connectivity index (χ4v) is 5.73. The van der Waals surface area contributed by atoms with E-state index in [4.69, 9.17) is 18.9 Å². The Morgan fingerprint density at radius 1 is 0.772 bits per heavy atom. The van der Waals surface area contributed by atoms with Gasteiger partial charge in [0.2, 0.25) is 5.96 Å². The topological polar surface area (TPSA) is 160 Å². The van der Waals surface area contributed by atoms with Crippen molar-refractivity contribution >= 4 is 53.3 Å². The van der Waals surface area contributed by atoms with E-state index in [1.807, 2.05) is 6.08 Å². The first kappa shape index (κ1) is 43.9. The maximum atomic E-state index is 15.4. The molecule has 0 saturated heterocycles. The quantitative estimate of drug-likeness (QED) is 0.166. The van der Waals surface area contributed by atoms with Crippen LogP contribution in [0, 0.1) is 11.6 Å². The third-order valence-electron chi connectivity index (χ3n) is 8.10. The highest BCUT2D eigenvalue weighted by atomic mass is 19.1. The molecule has 2 aromatic rings. The van der Waals surface area contributed by atoms with Crippen LogP contribution < -0.4 is 15.4 Å². The van der Waals surface area contributed by atoms with Crippen molar-refractivity contribution in [3.63, 3.8) is 0 Å². The summed E-state index contributed by atoms with van der Waals surface area (Å²) in [6, 6.07) is 6.99. The van der Waals surface area contributed by atoms with Gasteiger partial charge in [0.25, 0.3) is 5.91 Å². The van der Waals surface area contributed by atoms with Crippen LogP contribution in [0.25, 0.3) is 11.1 Å². The van der Waals surface area contributed by atoms with Crippen molar-refractivity contribution in [2.45, 2.75) is 92.0 Å².